The lowest BCUT2D eigenvalue weighted by Gasteiger charge is -2.13. The highest BCUT2D eigenvalue weighted by molar-refractivity contribution is 5.86. The second kappa shape index (κ2) is 6.52. The molecular weight excluding hydrogens is 332 g/mol. The number of aryl methyl sites for hydroxylation is 3. The van der Waals surface area contributed by atoms with Crippen molar-refractivity contribution in [3.05, 3.63) is 58.7 Å². The average molecular weight is 361 g/mol. The number of aromatic nitrogens is 4. The molecule has 4 heterocycles. The maximum Gasteiger partial charge on any atom is 0.140 e. The average Bonchev–Trinajstić information content (AvgIpc) is 3.16. The molecule has 0 bridgehead atoms. The molecule has 0 aliphatic carbocycles. The Hall–Kier alpha value is -2.62. The monoisotopic (exact) mass is 360 g/mol. The van der Waals surface area contributed by atoms with Crippen molar-refractivity contribution in [1.82, 2.24) is 19.1 Å². The second-order valence-corrected chi connectivity index (χ2v) is 7.88. The van der Waals surface area contributed by atoms with Crippen LogP contribution in [0.4, 0.5) is 0 Å². The van der Waals surface area contributed by atoms with Crippen LogP contribution in [0, 0.1) is 6.92 Å². The Morgan fingerprint density at radius 3 is 2.56 bits per heavy atom. The fraction of sp³-hybridized carbons (Fsp3) is 0.391. The molecule has 0 N–H and O–H groups in total. The normalized spacial score (nSPS) is 12.0. The molecule has 0 aliphatic rings. The maximum atomic E-state index is 5.06. The fourth-order valence-corrected chi connectivity index (χ4v) is 4.33. The standard InChI is InChI=1S/C23H28N4/c1-7-17-15(4)20(25-22-19(17)9-11-26(22)5)12-16-13-27(6)23-21(16)18(14(2)3)8-10-24-23/h8-11,13-14H,7,12H2,1-6H3. The van der Waals surface area contributed by atoms with Crippen LogP contribution in [0.25, 0.3) is 22.1 Å². The third kappa shape index (κ3) is 2.75. The van der Waals surface area contributed by atoms with Gasteiger partial charge in [-0.15, -0.1) is 0 Å². The summed E-state index contributed by atoms with van der Waals surface area (Å²) in [5.74, 6) is 0.465. The Morgan fingerprint density at radius 1 is 1.07 bits per heavy atom. The molecule has 27 heavy (non-hydrogen) atoms. The first-order valence-corrected chi connectivity index (χ1v) is 9.78. The van der Waals surface area contributed by atoms with Crippen molar-refractivity contribution in [3.63, 3.8) is 0 Å². The van der Waals surface area contributed by atoms with E-state index >= 15 is 0 Å². The quantitative estimate of drug-likeness (QED) is 0.511. The van der Waals surface area contributed by atoms with Crippen molar-refractivity contribution in [1.29, 1.82) is 0 Å². The van der Waals surface area contributed by atoms with Crippen LogP contribution in [0.3, 0.4) is 0 Å². The van der Waals surface area contributed by atoms with Gasteiger partial charge in [-0.05, 0) is 53.6 Å². The number of hydrogen-bond donors (Lipinski definition) is 0. The highest BCUT2D eigenvalue weighted by Crippen LogP contribution is 2.31. The Morgan fingerprint density at radius 2 is 1.85 bits per heavy atom. The molecule has 0 atom stereocenters. The van der Waals surface area contributed by atoms with Gasteiger partial charge in [0.05, 0.1) is 5.69 Å². The third-order valence-corrected chi connectivity index (χ3v) is 5.79. The van der Waals surface area contributed by atoms with Crippen LogP contribution < -0.4 is 0 Å². The minimum Gasteiger partial charge on any atom is -0.336 e. The van der Waals surface area contributed by atoms with Gasteiger partial charge in [-0.3, -0.25) is 0 Å². The topological polar surface area (TPSA) is 35.6 Å². The summed E-state index contributed by atoms with van der Waals surface area (Å²) < 4.78 is 4.27. The summed E-state index contributed by atoms with van der Waals surface area (Å²) in [5, 5.41) is 2.57. The summed E-state index contributed by atoms with van der Waals surface area (Å²) in [4.78, 5) is 9.70. The van der Waals surface area contributed by atoms with Crippen molar-refractivity contribution in [2.24, 2.45) is 14.1 Å². The summed E-state index contributed by atoms with van der Waals surface area (Å²) in [6, 6.07) is 4.35. The van der Waals surface area contributed by atoms with Gasteiger partial charge in [0.2, 0.25) is 0 Å². The van der Waals surface area contributed by atoms with E-state index in [9.17, 15) is 0 Å². The minimum absolute atomic E-state index is 0.465. The molecule has 0 amide bonds. The fourth-order valence-electron chi connectivity index (χ4n) is 4.33. The molecule has 0 fully saturated rings. The van der Waals surface area contributed by atoms with Crippen LogP contribution in [-0.2, 0) is 26.9 Å². The van der Waals surface area contributed by atoms with Crippen LogP contribution >= 0.6 is 0 Å². The molecule has 0 aromatic carbocycles. The predicted molar refractivity (Wildman–Crippen MR) is 112 cm³/mol. The Labute approximate surface area is 160 Å². The first-order valence-electron chi connectivity index (χ1n) is 9.78. The molecule has 4 nitrogen and oxygen atoms in total. The Bertz CT molecular complexity index is 1140. The molecule has 0 unspecified atom stereocenters. The largest absolute Gasteiger partial charge is 0.336 e. The molecular formula is C23H28N4. The molecule has 4 aromatic rings. The minimum atomic E-state index is 0.465. The molecule has 0 saturated heterocycles. The van der Waals surface area contributed by atoms with Gasteiger partial charge in [-0.1, -0.05) is 20.8 Å². The van der Waals surface area contributed by atoms with E-state index in [1.807, 2.05) is 6.20 Å². The van der Waals surface area contributed by atoms with Gasteiger partial charge in [0.15, 0.2) is 0 Å². The van der Waals surface area contributed by atoms with Crippen LogP contribution in [0.1, 0.15) is 54.6 Å². The van der Waals surface area contributed by atoms with Gasteiger partial charge in [-0.2, -0.15) is 0 Å². The third-order valence-electron chi connectivity index (χ3n) is 5.79. The number of rotatable bonds is 4. The SMILES string of the molecule is CCc1c(C)c(Cc2cn(C)c3nccc(C(C)C)c23)nc2c1ccn2C. The van der Waals surface area contributed by atoms with Gasteiger partial charge >= 0.3 is 0 Å². The van der Waals surface area contributed by atoms with Gasteiger partial charge in [-0.25, -0.2) is 9.97 Å². The van der Waals surface area contributed by atoms with E-state index in [0.717, 1.165) is 24.1 Å². The zero-order chi connectivity index (χ0) is 19.3. The molecule has 0 spiro atoms. The van der Waals surface area contributed by atoms with E-state index in [2.05, 4.69) is 80.4 Å². The number of nitrogens with zero attached hydrogens (tertiary/aromatic N) is 4. The van der Waals surface area contributed by atoms with Gasteiger partial charge in [0.1, 0.15) is 11.3 Å². The lowest BCUT2D eigenvalue weighted by Crippen LogP contribution is -2.03. The number of pyridine rings is 2. The molecule has 0 radical (unpaired) electrons. The van der Waals surface area contributed by atoms with Crippen molar-refractivity contribution in [3.8, 4) is 0 Å². The van der Waals surface area contributed by atoms with E-state index in [0.29, 0.717) is 5.92 Å². The van der Waals surface area contributed by atoms with Crippen LogP contribution in [0.5, 0.6) is 0 Å². The van der Waals surface area contributed by atoms with Crippen LogP contribution in [0.15, 0.2) is 30.7 Å². The van der Waals surface area contributed by atoms with Crippen molar-refractivity contribution in [2.75, 3.05) is 0 Å². The van der Waals surface area contributed by atoms with E-state index in [1.54, 1.807) is 0 Å². The maximum absolute atomic E-state index is 5.06. The van der Waals surface area contributed by atoms with Crippen molar-refractivity contribution < 1.29 is 0 Å². The highest BCUT2D eigenvalue weighted by atomic mass is 15.0. The Balaban J connectivity index is 1.93. The Kier molecular flexibility index (Phi) is 4.29. The molecule has 0 saturated carbocycles. The zero-order valence-electron chi connectivity index (χ0n) is 17.2. The molecule has 4 rings (SSSR count). The summed E-state index contributed by atoms with van der Waals surface area (Å²) in [6.07, 6.45) is 8.12. The highest BCUT2D eigenvalue weighted by Gasteiger charge is 2.18. The van der Waals surface area contributed by atoms with Gasteiger partial charge in [0, 0.05) is 49.9 Å². The number of fused-ring (bicyclic) bond motifs is 2. The van der Waals surface area contributed by atoms with Crippen LogP contribution in [-0.4, -0.2) is 19.1 Å². The molecule has 4 aromatic heterocycles. The second-order valence-electron chi connectivity index (χ2n) is 7.88. The molecule has 140 valence electrons. The number of hydrogen-bond acceptors (Lipinski definition) is 2. The summed E-state index contributed by atoms with van der Waals surface area (Å²) >= 11 is 0. The molecule has 0 aliphatic heterocycles. The first kappa shape index (κ1) is 17.8. The van der Waals surface area contributed by atoms with Gasteiger partial charge < -0.3 is 9.13 Å². The predicted octanol–water partition coefficient (Wildman–Crippen LogP) is 5.05. The first-order chi connectivity index (χ1) is 12.9. The van der Waals surface area contributed by atoms with E-state index in [-0.39, 0.29) is 0 Å². The zero-order valence-corrected chi connectivity index (χ0v) is 17.2. The summed E-state index contributed by atoms with van der Waals surface area (Å²) in [7, 11) is 4.16. The summed E-state index contributed by atoms with van der Waals surface area (Å²) in [6.45, 7) is 8.96. The molecule has 4 heteroatoms. The smallest absolute Gasteiger partial charge is 0.140 e. The summed E-state index contributed by atoms with van der Waals surface area (Å²) in [5.41, 5.74) is 8.73. The lowest BCUT2D eigenvalue weighted by molar-refractivity contribution is 0.871. The van der Waals surface area contributed by atoms with Crippen LogP contribution in [0.2, 0.25) is 0 Å². The lowest BCUT2D eigenvalue weighted by atomic mass is 9.95. The van der Waals surface area contributed by atoms with E-state index in [4.69, 9.17) is 4.98 Å². The van der Waals surface area contributed by atoms with E-state index in [1.165, 1.54) is 38.7 Å². The van der Waals surface area contributed by atoms with Gasteiger partial charge in [0.25, 0.3) is 0 Å². The van der Waals surface area contributed by atoms with Crippen molar-refractivity contribution >= 4 is 22.1 Å². The van der Waals surface area contributed by atoms with E-state index < -0.39 is 0 Å². The van der Waals surface area contributed by atoms with Crippen molar-refractivity contribution in [2.45, 2.75) is 46.5 Å².